The molecule has 0 spiro atoms. The zero-order valence-electron chi connectivity index (χ0n) is 11.8. The van der Waals surface area contributed by atoms with E-state index in [-0.39, 0.29) is 0 Å². The number of rotatable bonds is 4. The van der Waals surface area contributed by atoms with E-state index >= 15 is 0 Å². The number of nitrogens with zero attached hydrogens (tertiary/aromatic N) is 1. The molecule has 0 aliphatic heterocycles. The number of aryl methyl sites for hydroxylation is 1. The highest BCUT2D eigenvalue weighted by Gasteiger charge is 2.03. The third-order valence-corrected chi connectivity index (χ3v) is 3.40. The number of anilines is 1. The Balaban J connectivity index is 1.80. The zero-order valence-corrected chi connectivity index (χ0v) is 11.8. The molecule has 2 aromatic carbocycles. The summed E-state index contributed by atoms with van der Waals surface area (Å²) in [4.78, 5) is 4.18. The number of hydrazine groups is 1. The highest BCUT2D eigenvalue weighted by molar-refractivity contribution is 5.92. The minimum Gasteiger partial charge on any atom is -0.489 e. The molecule has 3 rings (SSSR count). The van der Waals surface area contributed by atoms with Gasteiger partial charge in [0.05, 0.1) is 0 Å². The first-order valence-electron chi connectivity index (χ1n) is 6.80. The maximum absolute atomic E-state index is 5.84. The van der Waals surface area contributed by atoms with Crippen molar-refractivity contribution in [1.82, 2.24) is 4.98 Å². The van der Waals surface area contributed by atoms with Gasteiger partial charge in [0.2, 0.25) is 0 Å². The van der Waals surface area contributed by atoms with Gasteiger partial charge in [-0.2, -0.15) is 0 Å². The lowest BCUT2D eigenvalue weighted by Gasteiger charge is -2.09. The summed E-state index contributed by atoms with van der Waals surface area (Å²) in [5.74, 6) is 6.95. The second-order valence-electron chi connectivity index (χ2n) is 4.96. The molecule has 0 radical (unpaired) electrons. The topological polar surface area (TPSA) is 60.2 Å². The maximum Gasteiger partial charge on any atom is 0.147 e. The summed E-state index contributed by atoms with van der Waals surface area (Å²) in [6, 6.07) is 16.2. The monoisotopic (exact) mass is 279 g/mol. The van der Waals surface area contributed by atoms with E-state index in [0.29, 0.717) is 12.4 Å². The molecule has 0 fully saturated rings. The molecule has 4 nitrogen and oxygen atoms in total. The predicted octanol–water partition coefficient (Wildman–Crippen LogP) is 3.41. The second-order valence-corrected chi connectivity index (χ2v) is 4.96. The van der Waals surface area contributed by atoms with Crippen molar-refractivity contribution in [3.05, 3.63) is 65.9 Å². The van der Waals surface area contributed by atoms with E-state index in [1.165, 1.54) is 5.56 Å². The van der Waals surface area contributed by atoms with Gasteiger partial charge in [0.25, 0.3) is 0 Å². The highest BCUT2D eigenvalue weighted by atomic mass is 16.5. The molecule has 0 saturated heterocycles. The summed E-state index contributed by atoms with van der Waals surface area (Å²) in [5.41, 5.74) is 5.00. The molecule has 1 aromatic heterocycles. The fourth-order valence-electron chi connectivity index (χ4n) is 2.21. The van der Waals surface area contributed by atoms with Crippen LogP contribution in [0.4, 0.5) is 5.82 Å². The van der Waals surface area contributed by atoms with E-state index in [2.05, 4.69) is 41.6 Å². The Bertz CT molecular complexity index is 754. The van der Waals surface area contributed by atoms with Crippen molar-refractivity contribution in [3.8, 4) is 5.75 Å². The third-order valence-electron chi connectivity index (χ3n) is 3.40. The van der Waals surface area contributed by atoms with Gasteiger partial charge in [0.1, 0.15) is 18.2 Å². The molecule has 0 unspecified atom stereocenters. The van der Waals surface area contributed by atoms with Crippen LogP contribution in [0, 0.1) is 6.92 Å². The molecule has 0 aliphatic carbocycles. The van der Waals surface area contributed by atoms with E-state index in [0.717, 1.165) is 22.1 Å². The van der Waals surface area contributed by atoms with E-state index in [1.807, 2.05) is 24.3 Å². The molecule has 1 heterocycles. The van der Waals surface area contributed by atoms with Gasteiger partial charge >= 0.3 is 0 Å². The first-order valence-corrected chi connectivity index (χ1v) is 6.80. The van der Waals surface area contributed by atoms with Crippen molar-refractivity contribution in [2.75, 3.05) is 5.43 Å². The van der Waals surface area contributed by atoms with Crippen LogP contribution in [0.2, 0.25) is 0 Å². The van der Waals surface area contributed by atoms with Gasteiger partial charge in [0, 0.05) is 11.6 Å². The maximum atomic E-state index is 5.84. The lowest BCUT2D eigenvalue weighted by atomic mass is 10.1. The average Bonchev–Trinajstić information content (AvgIpc) is 2.53. The van der Waals surface area contributed by atoms with Crippen molar-refractivity contribution >= 4 is 16.6 Å². The largest absolute Gasteiger partial charge is 0.489 e. The predicted molar refractivity (Wildman–Crippen MR) is 85.1 cm³/mol. The van der Waals surface area contributed by atoms with Crippen LogP contribution in [-0.4, -0.2) is 4.98 Å². The summed E-state index contributed by atoms with van der Waals surface area (Å²) >= 11 is 0. The smallest absolute Gasteiger partial charge is 0.147 e. The Hall–Kier alpha value is -2.59. The second kappa shape index (κ2) is 5.81. The Labute approximate surface area is 123 Å². The summed E-state index contributed by atoms with van der Waals surface area (Å²) in [6.07, 6.45) is 1.72. The van der Waals surface area contributed by atoms with Crippen LogP contribution < -0.4 is 16.0 Å². The van der Waals surface area contributed by atoms with Crippen LogP contribution in [0.3, 0.4) is 0 Å². The quantitative estimate of drug-likeness (QED) is 0.567. The van der Waals surface area contributed by atoms with Gasteiger partial charge in [-0.1, -0.05) is 29.8 Å². The molecule has 0 bridgehead atoms. The first kappa shape index (κ1) is 13.4. The molecular formula is C17H17N3O. The average molecular weight is 279 g/mol. The number of nitrogen functional groups attached to an aromatic ring is 1. The standard InChI is InChI=1S/C17H17N3O/c1-12-2-4-13(5-3-12)11-21-15-6-7-16-14(10-15)8-9-19-17(16)20-18/h2-10H,11,18H2,1H3,(H,19,20). The lowest BCUT2D eigenvalue weighted by molar-refractivity contribution is 0.306. The van der Waals surface area contributed by atoms with Gasteiger partial charge in [0.15, 0.2) is 0 Å². The molecule has 4 heteroatoms. The SMILES string of the molecule is Cc1ccc(COc2ccc3c(NN)nccc3c2)cc1. The molecule has 21 heavy (non-hydrogen) atoms. The third kappa shape index (κ3) is 2.95. The molecular weight excluding hydrogens is 262 g/mol. The molecule has 0 amide bonds. The van der Waals surface area contributed by atoms with Crippen LogP contribution in [0.1, 0.15) is 11.1 Å². The summed E-state index contributed by atoms with van der Waals surface area (Å²) < 4.78 is 5.84. The van der Waals surface area contributed by atoms with Gasteiger partial charge in [-0.3, -0.25) is 0 Å². The Morgan fingerprint density at radius 1 is 1.10 bits per heavy atom. The number of benzene rings is 2. The number of hydrogen-bond donors (Lipinski definition) is 2. The van der Waals surface area contributed by atoms with E-state index in [9.17, 15) is 0 Å². The zero-order chi connectivity index (χ0) is 14.7. The van der Waals surface area contributed by atoms with Crippen LogP contribution in [0.25, 0.3) is 10.8 Å². The minimum atomic E-state index is 0.554. The number of hydrogen-bond acceptors (Lipinski definition) is 4. The van der Waals surface area contributed by atoms with Crippen LogP contribution in [0.5, 0.6) is 5.75 Å². The number of nitrogens with two attached hydrogens (primary N) is 1. The summed E-state index contributed by atoms with van der Waals surface area (Å²) in [6.45, 7) is 2.63. The summed E-state index contributed by atoms with van der Waals surface area (Å²) in [5, 5.41) is 2.02. The Morgan fingerprint density at radius 3 is 2.67 bits per heavy atom. The van der Waals surface area contributed by atoms with Crippen molar-refractivity contribution in [1.29, 1.82) is 0 Å². The van der Waals surface area contributed by atoms with Gasteiger partial charge in [-0.15, -0.1) is 0 Å². The molecule has 3 aromatic rings. The number of nitrogens with one attached hydrogen (secondary N) is 1. The number of aromatic nitrogens is 1. The van der Waals surface area contributed by atoms with Gasteiger partial charge in [-0.25, -0.2) is 10.8 Å². The fraction of sp³-hybridized carbons (Fsp3) is 0.118. The molecule has 0 atom stereocenters. The Morgan fingerprint density at radius 2 is 1.90 bits per heavy atom. The van der Waals surface area contributed by atoms with Crippen molar-refractivity contribution in [2.45, 2.75) is 13.5 Å². The number of pyridine rings is 1. The fourth-order valence-corrected chi connectivity index (χ4v) is 2.21. The van der Waals surface area contributed by atoms with Crippen LogP contribution >= 0.6 is 0 Å². The molecule has 3 N–H and O–H groups in total. The van der Waals surface area contributed by atoms with Crippen molar-refractivity contribution in [3.63, 3.8) is 0 Å². The molecule has 0 aliphatic rings. The molecule has 0 saturated carbocycles. The highest BCUT2D eigenvalue weighted by Crippen LogP contribution is 2.25. The van der Waals surface area contributed by atoms with Gasteiger partial charge < -0.3 is 10.2 Å². The summed E-state index contributed by atoms with van der Waals surface area (Å²) in [7, 11) is 0. The van der Waals surface area contributed by atoms with Crippen molar-refractivity contribution < 1.29 is 4.74 Å². The van der Waals surface area contributed by atoms with E-state index in [4.69, 9.17) is 10.6 Å². The Kier molecular flexibility index (Phi) is 3.71. The van der Waals surface area contributed by atoms with E-state index < -0.39 is 0 Å². The molecule has 106 valence electrons. The van der Waals surface area contributed by atoms with Crippen LogP contribution in [-0.2, 0) is 6.61 Å². The number of fused-ring (bicyclic) bond motifs is 1. The first-order chi connectivity index (χ1) is 10.3. The minimum absolute atomic E-state index is 0.554. The normalized spacial score (nSPS) is 10.6. The lowest BCUT2D eigenvalue weighted by Crippen LogP contribution is -2.08. The van der Waals surface area contributed by atoms with Crippen molar-refractivity contribution in [2.24, 2.45) is 5.84 Å². The van der Waals surface area contributed by atoms with E-state index in [1.54, 1.807) is 6.20 Å². The number of ether oxygens (including phenoxy) is 1. The van der Waals surface area contributed by atoms with Crippen LogP contribution in [0.15, 0.2) is 54.7 Å². The van der Waals surface area contributed by atoms with Gasteiger partial charge in [-0.05, 0) is 42.1 Å².